The smallest absolute Gasteiger partial charge is 0.150 e. The zero-order valence-electron chi connectivity index (χ0n) is 41.5. The van der Waals surface area contributed by atoms with Gasteiger partial charge in [-0.05, 0) is 66.4 Å². The molecule has 1 saturated heterocycles. The van der Waals surface area contributed by atoms with Crippen LogP contribution in [-0.4, -0.2) is 32.6 Å². The van der Waals surface area contributed by atoms with Crippen molar-refractivity contribution >= 4 is 22.7 Å². The maximum atomic E-state index is 11.3. The van der Waals surface area contributed by atoms with Crippen molar-refractivity contribution in [2.24, 2.45) is 0 Å². The molecule has 0 radical (unpaired) electrons. The van der Waals surface area contributed by atoms with Crippen molar-refractivity contribution in [3.63, 3.8) is 0 Å². The van der Waals surface area contributed by atoms with Gasteiger partial charge in [0.2, 0.25) is 0 Å². The number of benzene rings is 4. The number of carbonyl (C=O) groups is 1. The lowest BCUT2D eigenvalue weighted by Gasteiger charge is -2.33. The van der Waals surface area contributed by atoms with Crippen molar-refractivity contribution in [2.75, 3.05) is 31.2 Å². The number of anilines is 1. The van der Waals surface area contributed by atoms with Gasteiger partial charge in [0.25, 0.3) is 0 Å². The Balaban J connectivity index is 1.21. The van der Waals surface area contributed by atoms with Gasteiger partial charge in [0.15, 0.2) is 0 Å². The molecule has 4 heteroatoms. The van der Waals surface area contributed by atoms with E-state index in [0.717, 1.165) is 72.4 Å². The summed E-state index contributed by atoms with van der Waals surface area (Å²) in [4.78, 5) is 13.7. The molecule has 0 bridgehead atoms. The normalized spacial score (nSPS) is 12.0. The number of carbonyl (C=O) groups excluding carboxylic acids is 1. The fourth-order valence-electron chi connectivity index (χ4n) is 8.96. The number of unbranched alkanes of at least 4 members (excludes halogenated alkanes) is 26. The van der Waals surface area contributed by atoms with Gasteiger partial charge in [-0.3, -0.25) is 4.79 Å². The molecule has 0 unspecified atom stereocenters. The molecular formula is C62H85NO3. The highest BCUT2D eigenvalue weighted by molar-refractivity contribution is 5.87. The standard InChI is InChI=1S/C62H85NO3/c1-3-5-7-9-11-13-15-17-19-21-23-25-27-29-46-65-61-51-59(41-38-54-37-39-57-49-60(63-44-31-45-63)43-42-56(57)48-54)62(50-58(61)40-36-53-32-34-55(52-64)35-33-53)66-47-30-28-26-24-22-20-18-16-14-12-10-8-6-4-2/h32-35,37,39,42-43,48-52H,3-31,44-47H2,1-2H3. The van der Waals surface area contributed by atoms with Crippen molar-refractivity contribution in [1.82, 2.24) is 0 Å². The molecule has 1 heterocycles. The van der Waals surface area contributed by atoms with Crippen molar-refractivity contribution in [3.8, 4) is 35.2 Å². The summed E-state index contributed by atoms with van der Waals surface area (Å²) >= 11 is 0. The Morgan fingerprint density at radius 1 is 0.439 bits per heavy atom. The van der Waals surface area contributed by atoms with Crippen LogP contribution in [0.3, 0.4) is 0 Å². The van der Waals surface area contributed by atoms with Gasteiger partial charge >= 0.3 is 0 Å². The highest BCUT2D eigenvalue weighted by Gasteiger charge is 2.15. The van der Waals surface area contributed by atoms with Gasteiger partial charge in [-0.15, -0.1) is 0 Å². The van der Waals surface area contributed by atoms with Crippen LogP contribution < -0.4 is 14.4 Å². The van der Waals surface area contributed by atoms with Gasteiger partial charge in [0.05, 0.1) is 24.3 Å². The second kappa shape index (κ2) is 32.9. The molecule has 0 amide bonds. The summed E-state index contributed by atoms with van der Waals surface area (Å²) < 4.78 is 13.2. The van der Waals surface area contributed by atoms with E-state index in [1.807, 2.05) is 30.3 Å². The molecule has 0 atom stereocenters. The molecule has 0 N–H and O–H groups in total. The second-order valence-electron chi connectivity index (χ2n) is 19.1. The molecule has 4 nitrogen and oxygen atoms in total. The Labute approximate surface area is 402 Å². The number of hydrogen-bond donors (Lipinski definition) is 0. The van der Waals surface area contributed by atoms with Crippen LogP contribution in [0.4, 0.5) is 5.69 Å². The number of ether oxygens (including phenoxy) is 2. The number of nitrogens with zero attached hydrogens (tertiary/aromatic N) is 1. The van der Waals surface area contributed by atoms with E-state index in [4.69, 9.17) is 9.47 Å². The highest BCUT2D eigenvalue weighted by atomic mass is 16.5. The summed E-state index contributed by atoms with van der Waals surface area (Å²) in [5.74, 6) is 15.2. The third-order valence-electron chi connectivity index (χ3n) is 13.4. The Kier molecular flexibility index (Phi) is 26.1. The van der Waals surface area contributed by atoms with Crippen molar-refractivity contribution in [1.29, 1.82) is 0 Å². The summed E-state index contributed by atoms with van der Waals surface area (Å²) in [7, 11) is 0. The van der Waals surface area contributed by atoms with Crippen LogP contribution in [0.25, 0.3) is 10.8 Å². The van der Waals surface area contributed by atoms with E-state index in [1.54, 1.807) is 0 Å². The molecule has 0 aromatic heterocycles. The topological polar surface area (TPSA) is 38.8 Å². The fraction of sp³-hybridized carbons (Fsp3) is 0.565. The van der Waals surface area contributed by atoms with Gasteiger partial charge in [0, 0.05) is 47.6 Å². The largest absolute Gasteiger partial charge is 0.492 e. The second-order valence-corrected chi connectivity index (χ2v) is 19.1. The summed E-state index contributed by atoms with van der Waals surface area (Å²) in [6.45, 7) is 8.14. The number of hydrogen-bond acceptors (Lipinski definition) is 4. The van der Waals surface area contributed by atoms with E-state index in [1.165, 1.54) is 183 Å². The first kappa shape index (κ1) is 52.3. The predicted octanol–water partition coefficient (Wildman–Crippen LogP) is 17.4. The molecule has 66 heavy (non-hydrogen) atoms. The molecule has 1 aliphatic heterocycles. The van der Waals surface area contributed by atoms with Crippen LogP contribution in [0, 0.1) is 23.7 Å². The quantitative estimate of drug-likeness (QED) is 0.0266. The van der Waals surface area contributed by atoms with Crippen molar-refractivity contribution in [2.45, 2.75) is 200 Å². The maximum Gasteiger partial charge on any atom is 0.150 e. The van der Waals surface area contributed by atoms with E-state index < -0.39 is 0 Å². The van der Waals surface area contributed by atoms with Crippen molar-refractivity contribution in [3.05, 3.63) is 101 Å². The highest BCUT2D eigenvalue weighted by Crippen LogP contribution is 2.30. The lowest BCUT2D eigenvalue weighted by Crippen LogP contribution is -2.36. The van der Waals surface area contributed by atoms with Gasteiger partial charge < -0.3 is 14.4 Å². The Bertz CT molecular complexity index is 2070. The summed E-state index contributed by atoms with van der Waals surface area (Å²) in [5, 5.41) is 2.44. The van der Waals surface area contributed by atoms with Crippen LogP contribution >= 0.6 is 0 Å². The minimum absolute atomic E-state index is 0.636. The maximum absolute atomic E-state index is 11.3. The fourth-order valence-corrected chi connectivity index (χ4v) is 8.96. The monoisotopic (exact) mass is 892 g/mol. The third-order valence-corrected chi connectivity index (χ3v) is 13.4. The molecule has 0 spiro atoms. The average Bonchev–Trinajstić information content (AvgIpc) is 3.32. The van der Waals surface area contributed by atoms with Gasteiger partial charge in [-0.25, -0.2) is 0 Å². The molecule has 4 aromatic rings. The molecular weight excluding hydrogens is 807 g/mol. The SMILES string of the molecule is CCCCCCCCCCCCCCCCOc1cc(C#Cc2ccc3cc(N4CCC4)ccc3c2)c(OCCCCCCCCCCCCCCCC)cc1C#Cc1ccc(C=O)cc1. The average molecular weight is 892 g/mol. The molecule has 1 fully saturated rings. The van der Waals surface area contributed by atoms with E-state index in [9.17, 15) is 4.79 Å². The van der Waals surface area contributed by atoms with Crippen LogP contribution in [0.2, 0.25) is 0 Å². The van der Waals surface area contributed by atoms with Gasteiger partial charge in [-0.1, -0.05) is 229 Å². The molecule has 356 valence electrons. The Morgan fingerprint density at radius 2 is 0.833 bits per heavy atom. The van der Waals surface area contributed by atoms with E-state index in [-0.39, 0.29) is 0 Å². The predicted molar refractivity (Wildman–Crippen MR) is 283 cm³/mol. The first-order valence-electron chi connectivity index (χ1n) is 27.0. The van der Waals surface area contributed by atoms with Crippen molar-refractivity contribution < 1.29 is 14.3 Å². The first-order valence-corrected chi connectivity index (χ1v) is 27.0. The summed E-state index contributed by atoms with van der Waals surface area (Å²) in [6.07, 6.45) is 39.3. The molecule has 0 saturated carbocycles. The molecule has 1 aliphatic rings. The number of aldehydes is 1. The summed E-state index contributed by atoms with van der Waals surface area (Å²) in [6, 6.07) is 24.8. The number of fused-ring (bicyclic) bond motifs is 1. The molecule has 4 aromatic carbocycles. The summed E-state index contributed by atoms with van der Waals surface area (Å²) in [5.41, 5.74) is 5.39. The molecule has 0 aliphatic carbocycles. The minimum Gasteiger partial charge on any atom is -0.492 e. The van der Waals surface area contributed by atoms with Crippen LogP contribution in [0.5, 0.6) is 11.5 Å². The van der Waals surface area contributed by atoms with Crippen LogP contribution in [0.15, 0.2) is 72.8 Å². The van der Waals surface area contributed by atoms with E-state index >= 15 is 0 Å². The van der Waals surface area contributed by atoms with Crippen LogP contribution in [-0.2, 0) is 0 Å². The Hall–Kier alpha value is -4.67. The minimum atomic E-state index is 0.636. The first-order chi connectivity index (χ1) is 32.7. The zero-order valence-corrected chi connectivity index (χ0v) is 41.5. The van der Waals surface area contributed by atoms with Crippen LogP contribution in [0.1, 0.15) is 233 Å². The number of rotatable bonds is 34. The van der Waals surface area contributed by atoms with Gasteiger partial charge in [-0.2, -0.15) is 0 Å². The zero-order chi connectivity index (χ0) is 46.1. The Morgan fingerprint density at radius 3 is 1.26 bits per heavy atom. The van der Waals surface area contributed by atoms with Gasteiger partial charge in [0.1, 0.15) is 17.8 Å². The molecule has 5 rings (SSSR count). The van der Waals surface area contributed by atoms with E-state index in [2.05, 4.69) is 84.9 Å². The third kappa shape index (κ3) is 20.5. The van der Waals surface area contributed by atoms with E-state index in [0.29, 0.717) is 18.8 Å². The lowest BCUT2D eigenvalue weighted by atomic mass is 10.0. The lowest BCUT2D eigenvalue weighted by molar-refractivity contribution is 0.112.